The quantitative estimate of drug-likeness (QED) is 0.832. The fourth-order valence-electron chi connectivity index (χ4n) is 1.68. The van der Waals surface area contributed by atoms with Crippen molar-refractivity contribution in [2.45, 2.75) is 13.0 Å². The van der Waals surface area contributed by atoms with Crippen molar-refractivity contribution in [2.24, 2.45) is 0 Å². The van der Waals surface area contributed by atoms with E-state index in [-0.39, 0.29) is 18.1 Å². The van der Waals surface area contributed by atoms with Gasteiger partial charge in [0.1, 0.15) is 11.6 Å². The van der Waals surface area contributed by atoms with Crippen molar-refractivity contribution in [3.05, 3.63) is 59.8 Å². The Balaban J connectivity index is 1.95. The summed E-state index contributed by atoms with van der Waals surface area (Å²) in [6, 6.07) is 9.66. The van der Waals surface area contributed by atoms with Gasteiger partial charge in [-0.3, -0.25) is 4.79 Å². The zero-order valence-corrected chi connectivity index (χ0v) is 10.1. The molecule has 0 fully saturated rings. The van der Waals surface area contributed by atoms with E-state index < -0.39 is 0 Å². The number of likely N-dealkylation sites (N-methyl/N-ethyl adjacent to an activating group) is 1. The molecule has 0 spiro atoms. The molecule has 2 rings (SSSR count). The number of nitrogens with zero attached hydrogens (tertiary/aromatic N) is 1. The molecule has 18 heavy (non-hydrogen) atoms. The van der Waals surface area contributed by atoms with Gasteiger partial charge in [0.25, 0.3) is 0 Å². The van der Waals surface area contributed by atoms with E-state index in [0.717, 1.165) is 5.76 Å². The van der Waals surface area contributed by atoms with Gasteiger partial charge in [-0.2, -0.15) is 0 Å². The number of rotatable bonds is 4. The summed E-state index contributed by atoms with van der Waals surface area (Å²) in [7, 11) is 1.70. The molecule has 0 aliphatic carbocycles. The van der Waals surface area contributed by atoms with Gasteiger partial charge in [-0.25, -0.2) is 4.39 Å². The monoisotopic (exact) mass is 247 g/mol. The van der Waals surface area contributed by atoms with Gasteiger partial charge in [-0.15, -0.1) is 0 Å². The van der Waals surface area contributed by atoms with Gasteiger partial charge in [0.2, 0.25) is 5.91 Å². The summed E-state index contributed by atoms with van der Waals surface area (Å²) in [6.07, 6.45) is 1.76. The predicted octanol–water partition coefficient (Wildman–Crippen LogP) is 2.62. The van der Waals surface area contributed by atoms with Crippen LogP contribution in [0.25, 0.3) is 0 Å². The zero-order valence-electron chi connectivity index (χ0n) is 10.1. The third-order valence-electron chi connectivity index (χ3n) is 2.64. The van der Waals surface area contributed by atoms with Crippen molar-refractivity contribution in [1.82, 2.24) is 4.90 Å². The van der Waals surface area contributed by atoms with Crippen molar-refractivity contribution < 1.29 is 13.6 Å². The van der Waals surface area contributed by atoms with Crippen LogP contribution in [0.4, 0.5) is 4.39 Å². The van der Waals surface area contributed by atoms with Gasteiger partial charge >= 0.3 is 0 Å². The molecule has 0 radical (unpaired) electrons. The highest BCUT2D eigenvalue weighted by molar-refractivity contribution is 5.78. The molecule has 1 aromatic heterocycles. The summed E-state index contributed by atoms with van der Waals surface area (Å²) in [6.45, 7) is 0.418. The summed E-state index contributed by atoms with van der Waals surface area (Å²) in [4.78, 5) is 13.5. The van der Waals surface area contributed by atoms with Crippen LogP contribution in [-0.2, 0) is 17.8 Å². The molecule has 2 aromatic rings. The second kappa shape index (κ2) is 5.49. The molecular weight excluding hydrogens is 233 g/mol. The van der Waals surface area contributed by atoms with E-state index in [4.69, 9.17) is 4.42 Å². The minimum absolute atomic E-state index is 0.0722. The van der Waals surface area contributed by atoms with Crippen molar-refractivity contribution in [3.63, 3.8) is 0 Å². The maximum absolute atomic E-state index is 13.0. The molecule has 1 amide bonds. The van der Waals surface area contributed by atoms with E-state index in [1.54, 1.807) is 36.4 Å². The van der Waals surface area contributed by atoms with Crippen LogP contribution in [0.15, 0.2) is 47.1 Å². The molecule has 0 saturated carbocycles. The Hall–Kier alpha value is -2.10. The molecule has 1 aromatic carbocycles. The molecule has 0 atom stereocenters. The second-order valence-corrected chi connectivity index (χ2v) is 4.14. The standard InChI is InChI=1S/C14H14FNO2/c1-16(10-13-6-3-7-18-13)14(17)9-11-4-2-5-12(15)8-11/h2-8H,9-10H2,1H3. The van der Waals surface area contributed by atoms with Crippen LogP contribution in [0, 0.1) is 5.82 Å². The molecule has 0 aliphatic rings. The van der Waals surface area contributed by atoms with Crippen LogP contribution >= 0.6 is 0 Å². The lowest BCUT2D eigenvalue weighted by Gasteiger charge is -2.15. The third kappa shape index (κ3) is 3.20. The van der Waals surface area contributed by atoms with Crippen LogP contribution in [0.5, 0.6) is 0 Å². The zero-order chi connectivity index (χ0) is 13.0. The normalized spacial score (nSPS) is 10.3. The first kappa shape index (κ1) is 12.4. The van der Waals surface area contributed by atoms with Gasteiger partial charge in [0.05, 0.1) is 19.2 Å². The number of hydrogen-bond donors (Lipinski definition) is 0. The van der Waals surface area contributed by atoms with E-state index in [9.17, 15) is 9.18 Å². The summed E-state index contributed by atoms with van der Waals surface area (Å²) in [5, 5.41) is 0. The lowest BCUT2D eigenvalue weighted by Crippen LogP contribution is -2.27. The smallest absolute Gasteiger partial charge is 0.227 e. The number of hydrogen-bond acceptors (Lipinski definition) is 2. The molecule has 1 heterocycles. The molecule has 3 nitrogen and oxygen atoms in total. The fraction of sp³-hybridized carbons (Fsp3) is 0.214. The number of halogens is 1. The van der Waals surface area contributed by atoms with E-state index in [0.29, 0.717) is 12.1 Å². The van der Waals surface area contributed by atoms with Crippen LogP contribution in [0.2, 0.25) is 0 Å². The average Bonchev–Trinajstić information content (AvgIpc) is 2.81. The molecule has 0 bridgehead atoms. The molecular formula is C14H14FNO2. The van der Waals surface area contributed by atoms with Gasteiger partial charge in [0, 0.05) is 7.05 Å². The number of amides is 1. The first-order valence-electron chi connectivity index (χ1n) is 5.66. The maximum Gasteiger partial charge on any atom is 0.227 e. The Morgan fingerprint density at radius 2 is 2.17 bits per heavy atom. The Labute approximate surface area is 105 Å². The van der Waals surface area contributed by atoms with E-state index in [2.05, 4.69) is 0 Å². The molecule has 0 unspecified atom stereocenters. The average molecular weight is 247 g/mol. The van der Waals surface area contributed by atoms with Crippen LogP contribution < -0.4 is 0 Å². The highest BCUT2D eigenvalue weighted by Gasteiger charge is 2.11. The summed E-state index contributed by atoms with van der Waals surface area (Å²) in [5.41, 5.74) is 0.672. The van der Waals surface area contributed by atoms with E-state index in [1.807, 2.05) is 6.07 Å². The number of benzene rings is 1. The van der Waals surface area contributed by atoms with Gasteiger partial charge < -0.3 is 9.32 Å². The Morgan fingerprint density at radius 1 is 1.33 bits per heavy atom. The predicted molar refractivity (Wildman–Crippen MR) is 65.3 cm³/mol. The topological polar surface area (TPSA) is 33.5 Å². The number of carbonyl (C=O) groups is 1. The number of carbonyl (C=O) groups excluding carboxylic acids is 1. The van der Waals surface area contributed by atoms with Crippen LogP contribution in [0.1, 0.15) is 11.3 Å². The first-order valence-corrected chi connectivity index (χ1v) is 5.66. The second-order valence-electron chi connectivity index (χ2n) is 4.14. The Bertz CT molecular complexity index is 522. The van der Waals surface area contributed by atoms with Crippen molar-refractivity contribution >= 4 is 5.91 Å². The summed E-state index contributed by atoms with van der Waals surface area (Å²) >= 11 is 0. The van der Waals surface area contributed by atoms with Gasteiger partial charge in [0.15, 0.2) is 0 Å². The Morgan fingerprint density at radius 3 is 2.83 bits per heavy atom. The fourth-order valence-corrected chi connectivity index (χ4v) is 1.68. The molecule has 4 heteroatoms. The molecule has 94 valence electrons. The van der Waals surface area contributed by atoms with E-state index in [1.165, 1.54) is 12.1 Å². The molecule has 0 N–H and O–H groups in total. The molecule has 0 aliphatic heterocycles. The summed E-state index contributed by atoms with van der Waals surface area (Å²) < 4.78 is 18.2. The first-order chi connectivity index (χ1) is 8.65. The van der Waals surface area contributed by atoms with Crippen molar-refractivity contribution in [2.75, 3.05) is 7.05 Å². The largest absolute Gasteiger partial charge is 0.467 e. The Kier molecular flexibility index (Phi) is 3.77. The summed E-state index contributed by atoms with van der Waals surface area (Å²) in [5.74, 6) is 0.330. The van der Waals surface area contributed by atoms with Crippen molar-refractivity contribution in [1.29, 1.82) is 0 Å². The highest BCUT2D eigenvalue weighted by Crippen LogP contribution is 2.08. The number of furan rings is 1. The highest BCUT2D eigenvalue weighted by atomic mass is 19.1. The third-order valence-corrected chi connectivity index (χ3v) is 2.64. The SMILES string of the molecule is CN(Cc1ccco1)C(=O)Cc1cccc(F)c1. The lowest BCUT2D eigenvalue weighted by molar-refractivity contribution is -0.129. The van der Waals surface area contributed by atoms with Crippen LogP contribution in [0.3, 0.4) is 0 Å². The minimum Gasteiger partial charge on any atom is -0.467 e. The van der Waals surface area contributed by atoms with Gasteiger partial charge in [-0.1, -0.05) is 12.1 Å². The molecule has 0 saturated heterocycles. The van der Waals surface area contributed by atoms with Gasteiger partial charge in [-0.05, 0) is 29.8 Å². The van der Waals surface area contributed by atoms with E-state index >= 15 is 0 Å². The minimum atomic E-state index is -0.325. The lowest BCUT2D eigenvalue weighted by atomic mass is 10.1. The van der Waals surface area contributed by atoms with Crippen LogP contribution in [-0.4, -0.2) is 17.9 Å². The van der Waals surface area contributed by atoms with Crippen molar-refractivity contribution in [3.8, 4) is 0 Å². The maximum atomic E-state index is 13.0.